The van der Waals surface area contributed by atoms with Crippen molar-refractivity contribution in [1.29, 1.82) is 0 Å². The van der Waals surface area contributed by atoms with Gasteiger partial charge < -0.3 is 18.8 Å². The van der Waals surface area contributed by atoms with Crippen LogP contribution in [0.4, 0.5) is 0 Å². The van der Waals surface area contributed by atoms with Crippen LogP contribution in [-0.4, -0.2) is 42.2 Å². The van der Waals surface area contributed by atoms with Crippen LogP contribution in [0, 0.1) is 13.8 Å². The molecule has 0 bridgehead atoms. The molecule has 1 aliphatic heterocycles. The number of hydrogen-bond acceptors (Lipinski definition) is 5. The van der Waals surface area contributed by atoms with Gasteiger partial charge in [0.15, 0.2) is 13.2 Å². The van der Waals surface area contributed by atoms with Gasteiger partial charge in [0.25, 0.3) is 0 Å². The summed E-state index contributed by atoms with van der Waals surface area (Å²) in [5, 5.41) is 0. The molecule has 0 aliphatic carbocycles. The third-order valence-corrected chi connectivity index (χ3v) is 5.29. The minimum atomic E-state index is -0.582. The molecule has 1 saturated heterocycles. The summed E-state index contributed by atoms with van der Waals surface area (Å²) < 4.78 is 19.1. The van der Waals surface area contributed by atoms with Crippen molar-refractivity contribution in [2.24, 2.45) is 0 Å². The van der Waals surface area contributed by atoms with Gasteiger partial charge in [-0.15, -0.1) is 0 Å². The van der Waals surface area contributed by atoms with Gasteiger partial charge in [-0.05, 0) is 51.0 Å². The van der Waals surface area contributed by atoms with E-state index in [1.807, 2.05) is 26.0 Å². The van der Waals surface area contributed by atoms with Gasteiger partial charge >= 0.3 is 5.97 Å². The largest absolute Gasteiger partial charge is 0.482 e. The van der Waals surface area contributed by atoms with Gasteiger partial charge in [-0.3, -0.25) is 4.79 Å². The Bertz CT molecular complexity index is 854. The first-order chi connectivity index (χ1) is 13.4. The van der Waals surface area contributed by atoms with Crippen LogP contribution >= 0.6 is 15.9 Å². The van der Waals surface area contributed by atoms with Crippen molar-refractivity contribution in [3.63, 3.8) is 0 Å². The Balaban J connectivity index is 1.52. The topological polar surface area (TPSA) is 66.8 Å². The highest BCUT2D eigenvalue weighted by Crippen LogP contribution is 2.21. The minimum Gasteiger partial charge on any atom is -0.482 e. The van der Waals surface area contributed by atoms with Crippen molar-refractivity contribution >= 4 is 27.7 Å². The molecule has 150 valence electrons. The third-order valence-electron chi connectivity index (χ3n) is 4.80. The second-order valence-corrected chi connectivity index (χ2v) is 7.78. The molecule has 2 heterocycles. The number of halogens is 1. The summed E-state index contributed by atoms with van der Waals surface area (Å²) >= 11 is 3.34. The van der Waals surface area contributed by atoms with E-state index in [0.29, 0.717) is 11.3 Å². The molecule has 1 aromatic carbocycles. The number of benzene rings is 1. The quantitative estimate of drug-likeness (QED) is 0.452. The number of aryl methyl sites for hydroxylation is 1. The van der Waals surface area contributed by atoms with Crippen LogP contribution in [0.2, 0.25) is 0 Å². The fourth-order valence-corrected chi connectivity index (χ4v) is 3.70. The summed E-state index contributed by atoms with van der Waals surface area (Å²) in [6.07, 6.45) is 2.31. The van der Waals surface area contributed by atoms with E-state index in [0.717, 1.165) is 41.9 Å². The van der Waals surface area contributed by atoms with Gasteiger partial charge in [-0.2, -0.15) is 0 Å². The predicted molar refractivity (Wildman–Crippen MR) is 108 cm³/mol. The van der Waals surface area contributed by atoms with E-state index in [2.05, 4.69) is 20.5 Å². The Labute approximate surface area is 172 Å². The lowest BCUT2D eigenvalue weighted by Crippen LogP contribution is -2.20. The molecule has 0 N–H and O–H groups in total. The highest BCUT2D eigenvalue weighted by molar-refractivity contribution is 9.10. The summed E-state index contributed by atoms with van der Waals surface area (Å²) in [5.41, 5.74) is 2.45. The van der Waals surface area contributed by atoms with Gasteiger partial charge in [-0.25, -0.2) is 4.79 Å². The highest BCUT2D eigenvalue weighted by Gasteiger charge is 2.21. The lowest BCUT2D eigenvalue weighted by atomic mass is 10.1. The third kappa shape index (κ3) is 5.23. The first-order valence-corrected chi connectivity index (χ1v) is 10.1. The summed E-state index contributed by atoms with van der Waals surface area (Å²) in [6, 6.07) is 9.01. The Morgan fingerprint density at radius 2 is 2.07 bits per heavy atom. The zero-order valence-corrected chi connectivity index (χ0v) is 17.7. The molecular weight excluding hydrogens is 426 g/mol. The molecule has 0 saturated carbocycles. The molecule has 7 heteroatoms. The van der Waals surface area contributed by atoms with Gasteiger partial charge in [0.2, 0.25) is 5.78 Å². The summed E-state index contributed by atoms with van der Waals surface area (Å²) in [6.45, 7) is 4.87. The van der Waals surface area contributed by atoms with Crippen LogP contribution in [0.25, 0.3) is 0 Å². The van der Waals surface area contributed by atoms with Gasteiger partial charge in [0, 0.05) is 34.6 Å². The first kappa shape index (κ1) is 20.6. The van der Waals surface area contributed by atoms with Crippen molar-refractivity contribution in [3.05, 3.63) is 51.8 Å². The monoisotopic (exact) mass is 449 g/mol. The molecule has 1 atom stereocenters. The van der Waals surface area contributed by atoms with Crippen molar-refractivity contribution in [2.45, 2.75) is 39.3 Å². The fourth-order valence-electron chi connectivity index (χ4n) is 3.32. The van der Waals surface area contributed by atoms with Gasteiger partial charge in [0.1, 0.15) is 5.75 Å². The number of hydrogen-bond donors (Lipinski definition) is 0. The number of Topliss-reactive ketones (excluding diaryl/α,β-unsaturated/α-hetero) is 1. The number of nitrogens with zero attached hydrogens (tertiary/aromatic N) is 1. The molecule has 0 amide bonds. The molecule has 0 spiro atoms. The SMILES string of the molecule is Cc1cc(C(=O)COC(=O)COc2cccc(Br)c2)c(C)n1CC1CCCO1. The number of rotatable bonds is 8. The van der Waals surface area contributed by atoms with Crippen molar-refractivity contribution < 1.29 is 23.8 Å². The van der Waals surface area contributed by atoms with Gasteiger partial charge in [-0.1, -0.05) is 22.0 Å². The predicted octanol–water partition coefficient (Wildman–Crippen LogP) is 3.85. The van der Waals surface area contributed by atoms with E-state index in [1.54, 1.807) is 18.2 Å². The molecular formula is C21H24BrNO5. The highest BCUT2D eigenvalue weighted by atomic mass is 79.9. The standard InChI is InChI=1S/C21H24BrNO5/c1-14-9-19(15(2)23(14)11-18-7-4-8-26-18)20(24)12-28-21(25)13-27-17-6-3-5-16(22)10-17/h3,5-6,9-10,18H,4,7-8,11-13H2,1-2H3. The number of esters is 1. The van der Waals surface area contributed by atoms with Crippen molar-refractivity contribution in [2.75, 3.05) is 19.8 Å². The average molecular weight is 450 g/mol. The van der Waals surface area contributed by atoms with Crippen LogP contribution in [0.1, 0.15) is 34.6 Å². The maximum atomic E-state index is 12.5. The molecule has 1 fully saturated rings. The first-order valence-electron chi connectivity index (χ1n) is 9.29. The summed E-state index contributed by atoms with van der Waals surface area (Å²) in [7, 11) is 0. The van der Waals surface area contributed by atoms with Crippen LogP contribution in [0.15, 0.2) is 34.8 Å². The summed E-state index contributed by atoms with van der Waals surface area (Å²) in [5.74, 6) is -0.251. The van der Waals surface area contributed by atoms with Crippen molar-refractivity contribution in [1.82, 2.24) is 4.57 Å². The lowest BCUT2D eigenvalue weighted by molar-refractivity contribution is -0.144. The smallest absolute Gasteiger partial charge is 0.344 e. The molecule has 2 aromatic rings. The molecule has 3 rings (SSSR count). The van der Waals surface area contributed by atoms with E-state index in [4.69, 9.17) is 14.2 Å². The Hall–Kier alpha value is -2.12. The number of ketones is 1. The average Bonchev–Trinajstić information content (AvgIpc) is 3.28. The maximum absolute atomic E-state index is 12.5. The second kappa shape index (κ2) is 9.39. The van der Waals surface area contributed by atoms with E-state index in [-0.39, 0.29) is 25.1 Å². The second-order valence-electron chi connectivity index (χ2n) is 6.86. The minimum absolute atomic E-state index is 0.195. The van der Waals surface area contributed by atoms with E-state index < -0.39 is 5.97 Å². The Morgan fingerprint density at radius 3 is 2.79 bits per heavy atom. The lowest BCUT2D eigenvalue weighted by Gasteiger charge is -2.14. The molecule has 28 heavy (non-hydrogen) atoms. The van der Waals surface area contributed by atoms with E-state index in [9.17, 15) is 9.59 Å². The van der Waals surface area contributed by atoms with Crippen LogP contribution in [0.3, 0.4) is 0 Å². The van der Waals surface area contributed by atoms with E-state index >= 15 is 0 Å². The molecule has 1 aromatic heterocycles. The molecule has 6 nitrogen and oxygen atoms in total. The normalized spacial score (nSPS) is 16.2. The fraction of sp³-hybridized carbons (Fsp3) is 0.429. The zero-order chi connectivity index (χ0) is 20.1. The number of ether oxygens (including phenoxy) is 3. The molecule has 0 radical (unpaired) electrons. The molecule has 1 aliphatic rings. The number of carbonyl (C=O) groups is 2. The Morgan fingerprint density at radius 1 is 1.25 bits per heavy atom. The molecule has 1 unspecified atom stereocenters. The number of aromatic nitrogens is 1. The zero-order valence-electron chi connectivity index (χ0n) is 16.1. The van der Waals surface area contributed by atoms with Crippen LogP contribution in [0.5, 0.6) is 5.75 Å². The maximum Gasteiger partial charge on any atom is 0.344 e. The number of carbonyl (C=O) groups excluding carboxylic acids is 2. The summed E-state index contributed by atoms with van der Waals surface area (Å²) in [4.78, 5) is 24.4. The van der Waals surface area contributed by atoms with Crippen LogP contribution in [-0.2, 0) is 20.8 Å². The van der Waals surface area contributed by atoms with E-state index in [1.165, 1.54) is 0 Å². The van der Waals surface area contributed by atoms with Crippen molar-refractivity contribution in [3.8, 4) is 5.75 Å². The Kier molecular flexibility index (Phi) is 6.91. The van der Waals surface area contributed by atoms with Gasteiger partial charge in [0.05, 0.1) is 6.10 Å². The van der Waals surface area contributed by atoms with Crippen LogP contribution < -0.4 is 4.74 Å².